The normalized spacial score (nSPS) is 15.1. The number of rotatable bonds is 5. The molecule has 1 saturated heterocycles. The van der Waals surface area contributed by atoms with Crippen LogP contribution in [0.3, 0.4) is 0 Å². The highest BCUT2D eigenvalue weighted by atomic mass is 79.9. The molecule has 0 spiro atoms. The Bertz CT molecular complexity index is 1450. The molecule has 0 N–H and O–H groups in total. The first-order chi connectivity index (χ1) is 16.4. The Morgan fingerprint density at radius 3 is 2.56 bits per heavy atom. The molecule has 5 rings (SSSR count). The van der Waals surface area contributed by atoms with Gasteiger partial charge in [0.25, 0.3) is 11.1 Å². The van der Waals surface area contributed by atoms with Crippen molar-refractivity contribution in [3.8, 4) is 0 Å². The number of hydrogen-bond acceptors (Lipinski definition) is 3. The van der Waals surface area contributed by atoms with Gasteiger partial charge in [-0.15, -0.1) is 0 Å². The maximum atomic E-state index is 14.4. The zero-order chi connectivity index (χ0) is 23.8. The number of halogens is 3. The monoisotopic (exact) mass is 554 g/mol. The quantitative estimate of drug-likeness (QED) is 0.240. The van der Waals surface area contributed by atoms with E-state index >= 15 is 0 Å². The number of hydrogen-bond donors (Lipinski definition) is 0. The van der Waals surface area contributed by atoms with Gasteiger partial charge in [-0.1, -0.05) is 63.9 Å². The van der Waals surface area contributed by atoms with E-state index in [2.05, 4.69) is 15.9 Å². The zero-order valence-electron chi connectivity index (χ0n) is 17.7. The van der Waals surface area contributed by atoms with E-state index in [-0.39, 0.29) is 30.1 Å². The standard InChI is InChI=1S/C26H17BrClFN2O2S/c27-18-9-10-23-19(12-18)17(14-30(23)15-20-21(28)7-4-8-22(20)29)11-24-25(32)31(26(33)34-24)13-16-5-2-1-3-6-16/h1-12,14H,13,15H2/b24-11-. The van der Waals surface area contributed by atoms with Crippen molar-refractivity contribution in [3.63, 3.8) is 0 Å². The van der Waals surface area contributed by atoms with E-state index in [1.165, 1.54) is 11.0 Å². The topological polar surface area (TPSA) is 42.3 Å². The second-order valence-electron chi connectivity index (χ2n) is 7.83. The van der Waals surface area contributed by atoms with Crippen LogP contribution >= 0.6 is 39.3 Å². The summed E-state index contributed by atoms with van der Waals surface area (Å²) >= 11 is 10.7. The van der Waals surface area contributed by atoms with E-state index in [1.807, 2.05) is 59.3 Å². The van der Waals surface area contributed by atoms with E-state index in [1.54, 1.807) is 18.2 Å². The molecular formula is C26H17BrClFN2O2S. The fourth-order valence-electron chi connectivity index (χ4n) is 3.94. The van der Waals surface area contributed by atoms with Crippen LogP contribution < -0.4 is 0 Å². The van der Waals surface area contributed by atoms with Gasteiger partial charge in [-0.2, -0.15) is 0 Å². The second kappa shape index (κ2) is 9.41. The summed E-state index contributed by atoms with van der Waals surface area (Å²) in [5.74, 6) is -0.707. The summed E-state index contributed by atoms with van der Waals surface area (Å²) in [6.07, 6.45) is 3.58. The van der Waals surface area contributed by atoms with Crippen LogP contribution in [-0.4, -0.2) is 20.6 Å². The molecule has 0 atom stereocenters. The molecule has 1 aromatic heterocycles. The Morgan fingerprint density at radius 1 is 1.00 bits per heavy atom. The number of nitrogens with zero attached hydrogens (tertiary/aromatic N) is 2. The number of imide groups is 1. The fourth-order valence-corrected chi connectivity index (χ4v) is 5.35. The van der Waals surface area contributed by atoms with Gasteiger partial charge in [-0.25, -0.2) is 4.39 Å². The molecule has 1 fully saturated rings. The summed E-state index contributed by atoms with van der Waals surface area (Å²) in [6, 6.07) is 19.8. The number of fused-ring (bicyclic) bond motifs is 1. The smallest absolute Gasteiger partial charge is 0.293 e. The third-order valence-electron chi connectivity index (χ3n) is 5.61. The molecule has 8 heteroatoms. The number of thioether (sulfide) groups is 1. The average Bonchev–Trinajstić information content (AvgIpc) is 3.28. The summed E-state index contributed by atoms with van der Waals surface area (Å²) in [5, 5.41) is 0.919. The number of amides is 2. The minimum atomic E-state index is -0.380. The van der Waals surface area contributed by atoms with Crippen molar-refractivity contribution in [2.45, 2.75) is 13.1 Å². The summed E-state index contributed by atoms with van der Waals surface area (Å²) in [7, 11) is 0. The molecule has 0 aliphatic carbocycles. The van der Waals surface area contributed by atoms with Gasteiger partial charge in [-0.05, 0) is 53.7 Å². The molecule has 4 aromatic rings. The predicted molar refractivity (Wildman–Crippen MR) is 138 cm³/mol. The molecule has 0 saturated carbocycles. The summed E-state index contributed by atoms with van der Waals surface area (Å²) in [6.45, 7) is 0.453. The summed E-state index contributed by atoms with van der Waals surface area (Å²) in [4.78, 5) is 27.2. The van der Waals surface area contributed by atoms with Crippen molar-refractivity contribution in [3.05, 3.63) is 110 Å². The van der Waals surface area contributed by atoms with Gasteiger partial charge < -0.3 is 4.57 Å². The van der Waals surface area contributed by atoms with E-state index in [4.69, 9.17) is 11.6 Å². The lowest BCUT2D eigenvalue weighted by Crippen LogP contribution is -2.27. The van der Waals surface area contributed by atoms with E-state index in [0.717, 1.165) is 38.3 Å². The van der Waals surface area contributed by atoms with Crippen LogP contribution in [0.25, 0.3) is 17.0 Å². The van der Waals surface area contributed by atoms with Crippen molar-refractivity contribution in [1.29, 1.82) is 0 Å². The van der Waals surface area contributed by atoms with Crippen LogP contribution in [-0.2, 0) is 17.9 Å². The van der Waals surface area contributed by atoms with Gasteiger partial charge in [0.2, 0.25) is 0 Å². The number of carbonyl (C=O) groups excluding carboxylic acids is 2. The van der Waals surface area contributed by atoms with Crippen LogP contribution in [0.1, 0.15) is 16.7 Å². The van der Waals surface area contributed by atoms with Gasteiger partial charge in [0, 0.05) is 37.7 Å². The van der Waals surface area contributed by atoms with Gasteiger partial charge in [0.05, 0.1) is 18.0 Å². The van der Waals surface area contributed by atoms with Crippen LogP contribution in [0.2, 0.25) is 5.02 Å². The molecule has 1 aliphatic heterocycles. The van der Waals surface area contributed by atoms with Gasteiger partial charge >= 0.3 is 0 Å². The molecular weight excluding hydrogens is 539 g/mol. The van der Waals surface area contributed by atoms with Gasteiger partial charge in [0.1, 0.15) is 5.82 Å². The van der Waals surface area contributed by atoms with Gasteiger partial charge in [0.15, 0.2) is 0 Å². The second-order valence-corrected chi connectivity index (χ2v) is 10.1. The number of benzene rings is 3. The average molecular weight is 556 g/mol. The molecule has 170 valence electrons. The molecule has 0 radical (unpaired) electrons. The predicted octanol–water partition coefficient (Wildman–Crippen LogP) is 7.48. The lowest BCUT2D eigenvalue weighted by Gasteiger charge is -2.12. The molecule has 3 aromatic carbocycles. The SMILES string of the molecule is O=C1S/C(=C\c2cn(Cc3c(F)cccc3Cl)c3ccc(Br)cc23)C(=O)N1Cc1ccccc1. The summed E-state index contributed by atoms with van der Waals surface area (Å²) in [5.41, 5.74) is 2.89. The van der Waals surface area contributed by atoms with Gasteiger partial charge in [-0.3, -0.25) is 14.5 Å². The fraction of sp³-hybridized carbons (Fsp3) is 0.0769. The Hall–Kier alpha value is -2.87. The van der Waals surface area contributed by atoms with E-state index in [9.17, 15) is 14.0 Å². The lowest BCUT2D eigenvalue weighted by atomic mass is 10.1. The highest BCUT2D eigenvalue weighted by molar-refractivity contribution is 9.10. The van der Waals surface area contributed by atoms with E-state index in [0.29, 0.717) is 15.5 Å². The maximum Gasteiger partial charge on any atom is 0.293 e. The summed E-state index contributed by atoms with van der Waals surface area (Å²) < 4.78 is 17.2. The van der Waals surface area contributed by atoms with Crippen molar-refractivity contribution in [2.75, 3.05) is 0 Å². The number of aromatic nitrogens is 1. The first-order valence-corrected chi connectivity index (χ1v) is 12.4. The number of carbonyl (C=O) groups is 2. The Balaban J connectivity index is 1.52. The highest BCUT2D eigenvalue weighted by Gasteiger charge is 2.35. The van der Waals surface area contributed by atoms with Crippen LogP contribution in [0.15, 0.2) is 82.3 Å². The van der Waals surface area contributed by atoms with Crippen molar-refractivity contribution >= 4 is 67.4 Å². The first kappa shape index (κ1) is 22.9. The molecule has 1 aliphatic rings. The van der Waals surface area contributed by atoms with E-state index < -0.39 is 0 Å². The third kappa shape index (κ3) is 4.43. The highest BCUT2D eigenvalue weighted by Crippen LogP contribution is 2.36. The molecule has 0 bridgehead atoms. The third-order valence-corrected chi connectivity index (χ3v) is 7.36. The molecule has 2 amide bonds. The Kier molecular flexibility index (Phi) is 6.34. The van der Waals surface area contributed by atoms with Crippen LogP contribution in [0.5, 0.6) is 0 Å². The molecule has 4 nitrogen and oxygen atoms in total. The Labute approximate surface area is 213 Å². The molecule has 2 heterocycles. The first-order valence-electron chi connectivity index (χ1n) is 10.4. The molecule has 34 heavy (non-hydrogen) atoms. The Morgan fingerprint density at radius 2 is 1.79 bits per heavy atom. The maximum absolute atomic E-state index is 14.4. The largest absolute Gasteiger partial charge is 0.342 e. The lowest BCUT2D eigenvalue weighted by molar-refractivity contribution is -0.123. The van der Waals surface area contributed by atoms with Crippen LogP contribution in [0, 0.1) is 5.82 Å². The minimum Gasteiger partial charge on any atom is -0.342 e. The van der Waals surface area contributed by atoms with Crippen molar-refractivity contribution in [1.82, 2.24) is 9.47 Å². The van der Waals surface area contributed by atoms with Crippen molar-refractivity contribution in [2.24, 2.45) is 0 Å². The van der Waals surface area contributed by atoms with Crippen molar-refractivity contribution < 1.29 is 14.0 Å². The molecule has 0 unspecified atom stereocenters. The minimum absolute atomic E-state index is 0.224. The zero-order valence-corrected chi connectivity index (χ0v) is 20.8. The van der Waals surface area contributed by atoms with Crippen LogP contribution in [0.4, 0.5) is 9.18 Å².